The van der Waals surface area contributed by atoms with Gasteiger partial charge in [0.15, 0.2) is 0 Å². The van der Waals surface area contributed by atoms with Crippen LogP contribution in [-0.2, 0) is 12.3 Å². The number of nitrogens with zero attached hydrogens (tertiary/aromatic N) is 2. The Morgan fingerprint density at radius 2 is 0.940 bits per heavy atom. The summed E-state index contributed by atoms with van der Waals surface area (Å²) >= 11 is 0. The lowest BCUT2D eigenvalue weighted by molar-refractivity contribution is -0.113. The van der Waals surface area contributed by atoms with Gasteiger partial charge in [-0.1, -0.05) is 85.9 Å². The number of rotatable bonds is 8. The lowest BCUT2D eigenvalue weighted by atomic mass is 9.43. The highest BCUT2D eigenvalue weighted by atomic mass is 31.1. The van der Waals surface area contributed by atoms with E-state index in [2.05, 4.69) is 102 Å². The third-order valence-corrected chi connectivity index (χ3v) is 22.3. The van der Waals surface area contributed by atoms with Gasteiger partial charge in [0.2, 0.25) is 0 Å². The smallest absolute Gasteiger partial charge is 0.0695 e. The number of pyridine rings is 2. The third-order valence-electron chi connectivity index (χ3n) is 16.0. The number of hydrogen-bond donors (Lipinski definition) is 0. The van der Waals surface area contributed by atoms with Crippen LogP contribution in [0.2, 0.25) is 0 Å². The monoisotopic (exact) mass is 704 g/mol. The van der Waals surface area contributed by atoms with Gasteiger partial charge in [-0.3, -0.25) is 9.97 Å². The molecule has 3 aromatic rings. The van der Waals surface area contributed by atoms with E-state index in [-0.39, 0.29) is 7.92 Å². The minimum atomic E-state index is -0.685. The zero-order chi connectivity index (χ0) is 34.6. The average molecular weight is 705 g/mol. The molecule has 0 saturated heterocycles. The van der Waals surface area contributed by atoms with Gasteiger partial charge in [0, 0.05) is 26.5 Å². The van der Waals surface area contributed by atoms with E-state index in [9.17, 15) is 0 Å². The first-order valence-corrected chi connectivity index (χ1v) is 23.3. The second-order valence-corrected chi connectivity index (χ2v) is 25.9. The number of aromatic nitrogens is 2. The van der Waals surface area contributed by atoms with Crippen molar-refractivity contribution < 1.29 is 0 Å². The summed E-state index contributed by atoms with van der Waals surface area (Å²) in [5.41, 5.74) is 7.53. The van der Waals surface area contributed by atoms with Crippen molar-refractivity contribution in [3.8, 4) is 0 Å². The molecule has 266 valence electrons. The zero-order valence-corrected chi connectivity index (χ0v) is 33.7. The van der Waals surface area contributed by atoms with Crippen LogP contribution in [0.4, 0.5) is 0 Å². The van der Waals surface area contributed by atoms with Crippen molar-refractivity contribution in [2.24, 2.45) is 45.3 Å². The van der Waals surface area contributed by atoms with Crippen LogP contribution < -0.4 is 10.9 Å². The molecule has 8 fully saturated rings. The Morgan fingerprint density at radius 1 is 0.540 bits per heavy atom. The second kappa shape index (κ2) is 11.9. The lowest BCUT2D eigenvalue weighted by Gasteiger charge is -2.74. The molecule has 4 heteroatoms. The van der Waals surface area contributed by atoms with Crippen molar-refractivity contribution in [3.63, 3.8) is 0 Å². The van der Waals surface area contributed by atoms with E-state index in [4.69, 9.17) is 9.97 Å². The van der Waals surface area contributed by atoms with Gasteiger partial charge in [-0.05, 0) is 174 Å². The van der Waals surface area contributed by atoms with Crippen LogP contribution in [-0.4, -0.2) is 20.3 Å². The zero-order valence-electron chi connectivity index (χ0n) is 31.9. The Hall–Kier alpha value is -1.62. The lowest BCUT2D eigenvalue weighted by Crippen LogP contribution is -2.63. The predicted molar refractivity (Wildman–Crippen MR) is 214 cm³/mol. The van der Waals surface area contributed by atoms with E-state index in [1.165, 1.54) is 68.4 Å². The Labute approximate surface area is 306 Å². The first-order valence-electron chi connectivity index (χ1n) is 20.2. The van der Waals surface area contributed by atoms with Gasteiger partial charge in [0.05, 0.1) is 10.9 Å². The summed E-state index contributed by atoms with van der Waals surface area (Å²) in [6.07, 6.45) is 24.7. The van der Waals surface area contributed by atoms with Crippen LogP contribution in [0, 0.1) is 45.3 Å². The molecule has 8 saturated carbocycles. The molecule has 1 aromatic carbocycles. The molecule has 0 N–H and O–H groups in total. The van der Waals surface area contributed by atoms with Gasteiger partial charge < -0.3 is 0 Å². The number of benzene rings is 1. The Balaban J connectivity index is 1.16. The molecule has 0 spiro atoms. The van der Waals surface area contributed by atoms with E-state index >= 15 is 0 Å². The molecule has 4 unspecified atom stereocenters. The van der Waals surface area contributed by atoms with Crippen LogP contribution in [0.3, 0.4) is 0 Å². The fraction of sp³-hybridized carbons (Fsp3) is 0.652. The summed E-state index contributed by atoms with van der Waals surface area (Å²) in [6.45, 7) is 15.8. The van der Waals surface area contributed by atoms with Gasteiger partial charge in [-0.15, -0.1) is 0 Å². The molecular weight excluding hydrogens is 642 g/mol. The summed E-state index contributed by atoms with van der Waals surface area (Å²) in [5, 5.41) is 1.11. The number of hydrogen-bond acceptors (Lipinski definition) is 2. The molecule has 8 aliphatic carbocycles. The molecule has 0 aliphatic heterocycles. The maximum absolute atomic E-state index is 4.95. The van der Waals surface area contributed by atoms with Gasteiger partial charge >= 0.3 is 0 Å². The molecule has 8 aliphatic rings. The highest BCUT2D eigenvalue weighted by Crippen LogP contribution is 2.84. The minimum absolute atomic E-state index is 0.217. The molecule has 2 heterocycles. The van der Waals surface area contributed by atoms with Crippen LogP contribution in [0.5, 0.6) is 0 Å². The van der Waals surface area contributed by atoms with Crippen LogP contribution in [0.15, 0.2) is 73.1 Å². The second-order valence-electron chi connectivity index (χ2n) is 20.7. The van der Waals surface area contributed by atoms with Crippen molar-refractivity contribution in [1.29, 1.82) is 0 Å². The van der Waals surface area contributed by atoms with Crippen LogP contribution in [0.1, 0.15) is 130 Å². The van der Waals surface area contributed by atoms with Crippen molar-refractivity contribution in [3.05, 3.63) is 84.2 Å². The van der Waals surface area contributed by atoms with E-state index in [1.54, 1.807) is 36.8 Å². The van der Waals surface area contributed by atoms with E-state index in [1.807, 2.05) is 12.4 Å². The molecule has 2 nitrogen and oxygen atoms in total. The Bertz CT molecular complexity index is 1570. The van der Waals surface area contributed by atoms with Crippen LogP contribution >= 0.6 is 15.8 Å². The standard InChI is InChI=1S/C46H62N2P2/c1-41(2,3)43-21-33-19-34(22-43)26-45(25-33,31-43)50(46-27-35-20-36(28-46)24-44(23-35,32-46)42(4,5)6)30-38-14-8-7-13-37(38)29-49(39-15-9-11-17-47-39)40-16-10-12-18-48-40/h7-18,33-36H,19-32H2,1-6H3. The maximum Gasteiger partial charge on any atom is 0.0695 e. The van der Waals surface area contributed by atoms with E-state index < -0.39 is 7.92 Å². The molecule has 0 amide bonds. The molecule has 11 rings (SSSR count). The van der Waals surface area contributed by atoms with Gasteiger partial charge in [0.25, 0.3) is 0 Å². The quantitative estimate of drug-likeness (QED) is 0.218. The average Bonchev–Trinajstić information content (AvgIpc) is 3.05. The molecule has 8 bridgehead atoms. The molecule has 2 aromatic heterocycles. The molecule has 4 atom stereocenters. The third kappa shape index (κ3) is 5.53. The topological polar surface area (TPSA) is 25.8 Å². The summed E-state index contributed by atoms with van der Waals surface area (Å²) in [4.78, 5) is 9.90. The summed E-state index contributed by atoms with van der Waals surface area (Å²) < 4.78 is 0. The van der Waals surface area contributed by atoms with Gasteiger partial charge in [-0.2, -0.15) is 0 Å². The predicted octanol–water partition coefficient (Wildman–Crippen LogP) is 11.9. The van der Waals surface area contributed by atoms with E-state index in [0.717, 1.165) is 29.8 Å². The normalized spacial score (nSPS) is 37.8. The maximum atomic E-state index is 4.95. The van der Waals surface area contributed by atoms with Crippen molar-refractivity contribution >= 4 is 26.7 Å². The Morgan fingerprint density at radius 3 is 1.32 bits per heavy atom. The van der Waals surface area contributed by atoms with Crippen molar-refractivity contribution in [2.75, 3.05) is 0 Å². The highest BCUT2D eigenvalue weighted by Gasteiger charge is 2.69. The van der Waals surface area contributed by atoms with E-state index in [0.29, 0.717) is 32.0 Å². The largest absolute Gasteiger partial charge is 0.256 e. The molecule has 50 heavy (non-hydrogen) atoms. The highest BCUT2D eigenvalue weighted by molar-refractivity contribution is 7.71. The van der Waals surface area contributed by atoms with Crippen molar-refractivity contribution in [2.45, 2.75) is 141 Å². The Kier molecular flexibility index (Phi) is 8.16. The fourth-order valence-electron chi connectivity index (χ4n) is 14.2. The minimum Gasteiger partial charge on any atom is -0.256 e. The van der Waals surface area contributed by atoms with Gasteiger partial charge in [0.1, 0.15) is 0 Å². The summed E-state index contributed by atoms with van der Waals surface area (Å²) in [7, 11) is -0.902. The summed E-state index contributed by atoms with van der Waals surface area (Å²) in [6, 6.07) is 22.7. The van der Waals surface area contributed by atoms with Crippen LogP contribution in [0.25, 0.3) is 0 Å². The molecular formula is C46H62N2P2. The first-order chi connectivity index (χ1) is 23.8. The fourth-order valence-corrected chi connectivity index (χ4v) is 21.5. The first kappa shape index (κ1) is 34.2. The SMILES string of the molecule is CC(C)(C)C12CC3CC(CC(P(Cc4ccccc4CP(c4ccccn4)c4ccccn4)C45CC6CC(C4)CC(C(C)(C)C)(C6)C5)(C3)C1)C2. The van der Waals surface area contributed by atoms with Crippen molar-refractivity contribution in [1.82, 2.24) is 9.97 Å². The molecule has 0 radical (unpaired) electrons. The summed E-state index contributed by atoms with van der Waals surface area (Å²) in [5.74, 6) is 3.84. The van der Waals surface area contributed by atoms with Gasteiger partial charge in [-0.25, -0.2) is 0 Å².